The molecule has 0 spiro atoms. The first-order valence-electron chi connectivity index (χ1n) is 5.92. The first kappa shape index (κ1) is 11.9. The van der Waals surface area contributed by atoms with Crippen LogP contribution in [0, 0.1) is 5.92 Å². The summed E-state index contributed by atoms with van der Waals surface area (Å²) in [5, 5.41) is 21.7. The predicted octanol–water partition coefficient (Wildman–Crippen LogP) is 1.96. The van der Waals surface area contributed by atoms with Crippen LogP contribution in [0.1, 0.15) is 29.6 Å². The highest BCUT2D eigenvalue weighted by atomic mass is 16.4. The fraction of sp³-hybridized carbons (Fsp3) is 0.462. The molecule has 2 atom stereocenters. The molecule has 4 nitrogen and oxygen atoms in total. The van der Waals surface area contributed by atoms with Crippen LogP contribution in [0.15, 0.2) is 24.3 Å². The van der Waals surface area contributed by atoms with Crippen molar-refractivity contribution in [2.45, 2.75) is 25.4 Å². The number of aromatic carboxylic acids is 1. The van der Waals surface area contributed by atoms with Crippen LogP contribution in [0.25, 0.3) is 0 Å². The molecule has 17 heavy (non-hydrogen) atoms. The van der Waals surface area contributed by atoms with E-state index in [1.807, 2.05) is 0 Å². The van der Waals surface area contributed by atoms with Crippen molar-refractivity contribution >= 4 is 11.7 Å². The maximum Gasteiger partial charge on any atom is 0.335 e. The van der Waals surface area contributed by atoms with Gasteiger partial charge in [0.15, 0.2) is 0 Å². The van der Waals surface area contributed by atoms with E-state index >= 15 is 0 Å². The van der Waals surface area contributed by atoms with Crippen molar-refractivity contribution in [3.05, 3.63) is 29.8 Å². The summed E-state index contributed by atoms with van der Waals surface area (Å²) in [5.74, 6) is -0.600. The summed E-state index contributed by atoms with van der Waals surface area (Å²) >= 11 is 0. The Kier molecular flexibility index (Phi) is 3.64. The number of hydrogen-bond donors (Lipinski definition) is 3. The molecule has 1 aromatic rings. The quantitative estimate of drug-likeness (QED) is 0.746. The number of aliphatic hydroxyl groups is 1. The number of aliphatic hydroxyl groups excluding tert-OH is 1. The molecule has 0 aliphatic heterocycles. The van der Waals surface area contributed by atoms with Gasteiger partial charge in [0.2, 0.25) is 0 Å². The Morgan fingerprint density at radius 1 is 1.29 bits per heavy atom. The molecule has 2 unspecified atom stereocenters. The van der Waals surface area contributed by atoms with E-state index < -0.39 is 5.97 Å². The highest BCUT2D eigenvalue weighted by Crippen LogP contribution is 2.25. The zero-order chi connectivity index (χ0) is 12.3. The van der Waals surface area contributed by atoms with Crippen LogP contribution < -0.4 is 5.32 Å². The summed E-state index contributed by atoms with van der Waals surface area (Å²) in [6.45, 7) is 0.744. The first-order valence-corrected chi connectivity index (χ1v) is 5.92. The molecule has 1 aliphatic rings. The molecule has 92 valence electrons. The lowest BCUT2D eigenvalue weighted by molar-refractivity contribution is 0.0697. The number of hydrogen-bond acceptors (Lipinski definition) is 3. The van der Waals surface area contributed by atoms with Crippen molar-refractivity contribution in [2.75, 3.05) is 11.9 Å². The second kappa shape index (κ2) is 5.19. The zero-order valence-corrected chi connectivity index (χ0v) is 9.60. The van der Waals surface area contributed by atoms with Gasteiger partial charge in [0, 0.05) is 18.2 Å². The normalized spacial score (nSPS) is 23.6. The van der Waals surface area contributed by atoms with E-state index in [0.29, 0.717) is 5.92 Å². The minimum absolute atomic E-state index is 0.194. The maximum absolute atomic E-state index is 10.7. The van der Waals surface area contributed by atoms with E-state index in [1.165, 1.54) is 0 Å². The van der Waals surface area contributed by atoms with E-state index in [4.69, 9.17) is 5.11 Å². The van der Waals surface area contributed by atoms with E-state index in [0.717, 1.165) is 31.5 Å². The van der Waals surface area contributed by atoms with Crippen LogP contribution in [0.4, 0.5) is 5.69 Å². The number of carbonyl (C=O) groups is 1. The van der Waals surface area contributed by atoms with Gasteiger partial charge in [-0.25, -0.2) is 4.79 Å². The van der Waals surface area contributed by atoms with Gasteiger partial charge in [0.05, 0.1) is 11.7 Å². The fourth-order valence-electron chi connectivity index (χ4n) is 2.23. The van der Waals surface area contributed by atoms with Crippen molar-refractivity contribution < 1.29 is 15.0 Å². The predicted molar refractivity (Wildman–Crippen MR) is 65.2 cm³/mol. The summed E-state index contributed by atoms with van der Waals surface area (Å²) in [4.78, 5) is 10.7. The molecule has 0 heterocycles. The molecular weight excluding hydrogens is 218 g/mol. The van der Waals surface area contributed by atoms with Crippen LogP contribution in [0.2, 0.25) is 0 Å². The van der Waals surface area contributed by atoms with Crippen molar-refractivity contribution in [3.8, 4) is 0 Å². The van der Waals surface area contributed by atoms with Crippen molar-refractivity contribution in [1.29, 1.82) is 0 Å². The van der Waals surface area contributed by atoms with Gasteiger partial charge in [-0.1, -0.05) is 6.42 Å². The Bertz CT molecular complexity index is 388. The Hall–Kier alpha value is -1.55. The standard InChI is InChI=1S/C13H17NO3/c15-12-3-1-2-10(12)8-14-11-6-4-9(5-7-11)13(16)17/h4-7,10,12,14-15H,1-3,8H2,(H,16,17). The molecule has 0 radical (unpaired) electrons. The average molecular weight is 235 g/mol. The van der Waals surface area contributed by atoms with Gasteiger partial charge in [-0.15, -0.1) is 0 Å². The van der Waals surface area contributed by atoms with E-state index in [2.05, 4.69) is 5.32 Å². The monoisotopic (exact) mass is 235 g/mol. The van der Waals surface area contributed by atoms with Crippen molar-refractivity contribution in [3.63, 3.8) is 0 Å². The Morgan fingerprint density at radius 2 is 2.00 bits per heavy atom. The van der Waals surface area contributed by atoms with Crippen molar-refractivity contribution in [2.24, 2.45) is 5.92 Å². The van der Waals surface area contributed by atoms with Gasteiger partial charge in [0.1, 0.15) is 0 Å². The van der Waals surface area contributed by atoms with Gasteiger partial charge in [-0.05, 0) is 37.1 Å². The maximum atomic E-state index is 10.7. The van der Waals surface area contributed by atoms with Crippen LogP contribution >= 0.6 is 0 Å². The summed E-state index contributed by atoms with van der Waals surface area (Å²) in [6, 6.07) is 6.67. The van der Waals surface area contributed by atoms with E-state index in [9.17, 15) is 9.90 Å². The summed E-state index contributed by atoms with van der Waals surface area (Å²) in [5.41, 5.74) is 1.19. The summed E-state index contributed by atoms with van der Waals surface area (Å²) in [7, 11) is 0. The second-order valence-electron chi connectivity index (χ2n) is 4.52. The van der Waals surface area contributed by atoms with Gasteiger partial charge in [-0.2, -0.15) is 0 Å². The first-order chi connectivity index (χ1) is 8.16. The molecule has 2 rings (SSSR count). The average Bonchev–Trinajstić information content (AvgIpc) is 2.73. The van der Waals surface area contributed by atoms with E-state index in [-0.39, 0.29) is 11.7 Å². The van der Waals surface area contributed by atoms with Crippen LogP contribution in [0.3, 0.4) is 0 Å². The lowest BCUT2D eigenvalue weighted by atomic mass is 10.1. The third-order valence-electron chi connectivity index (χ3n) is 3.32. The molecule has 1 aromatic carbocycles. The largest absolute Gasteiger partial charge is 0.478 e. The molecule has 4 heteroatoms. The highest BCUT2D eigenvalue weighted by molar-refractivity contribution is 5.87. The van der Waals surface area contributed by atoms with Gasteiger partial charge < -0.3 is 15.5 Å². The number of rotatable bonds is 4. The Morgan fingerprint density at radius 3 is 2.53 bits per heavy atom. The van der Waals surface area contributed by atoms with Gasteiger partial charge >= 0.3 is 5.97 Å². The molecule has 0 bridgehead atoms. The number of carboxylic acid groups (broad SMARTS) is 1. The molecular formula is C13H17NO3. The second-order valence-corrected chi connectivity index (χ2v) is 4.52. The smallest absolute Gasteiger partial charge is 0.335 e. The van der Waals surface area contributed by atoms with Gasteiger partial charge in [0.25, 0.3) is 0 Å². The minimum Gasteiger partial charge on any atom is -0.478 e. The van der Waals surface area contributed by atoms with Crippen LogP contribution in [0.5, 0.6) is 0 Å². The molecule has 0 aromatic heterocycles. The van der Waals surface area contributed by atoms with Crippen LogP contribution in [-0.2, 0) is 0 Å². The number of carboxylic acids is 1. The lowest BCUT2D eigenvalue weighted by Crippen LogP contribution is -2.21. The Balaban J connectivity index is 1.88. The lowest BCUT2D eigenvalue weighted by Gasteiger charge is -2.15. The molecule has 1 saturated carbocycles. The van der Waals surface area contributed by atoms with Gasteiger partial charge in [-0.3, -0.25) is 0 Å². The third-order valence-corrected chi connectivity index (χ3v) is 3.32. The Labute approximate surface area is 100 Å². The topological polar surface area (TPSA) is 69.6 Å². The number of benzene rings is 1. The summed E-state index contributed by atoms with van der Waals surface area (Å²) < 4.78 is 0. The SMILES string of the molecule is O=C(O)c1ccc(NCC2CCCC2O)cc1. The zero-order valence-electron chi connectivity index (χ0n) is 9.60. The highest BCUT2D eigenvalue weighted by Gasteiger charge is 2.24. The number of nitrogens with one attached hydrogen (secondary N) is 1. The summed E-state index contributed by atoms with van der Waals surface area (Å²) in [6.07, 6.45) is 2.85. The molecule has 3 N–H and O–H groups in total. The van der Waals surface area contributed by atoms with Crippen LogP contribution in [-0.4, -0.2) is 28.8 Å². The van der Waals surface area contributed by atoms with Crippen molar-refractivity contribution in [1.82, 2.24) is 0 Å². The molecule has 0 amide bonds. The molecule has 1 aliphatic carbocycles. The third kappa shape index (κ3) is 2.97. The molecule has 0 saturated heterocycles. The minimum atomic E-state index is -0.914. The number of anilines is 1. The fourth-order valence-corrected chi connectivity index (χ4v) is 2.23. The molecule has 1 fully saturated rings. The van der Waals surface area contributed by atoms with E-state index in [1.54, 1.807) is 24.3 Å².